The van der Waals surface area contributed by atoms with Crippen molar-refractivity contribution in [3.8, 4) is 0 Å². The third kappa shape index (κ3) is 3.42. The van der Waals surface area contributed by atoms with Gasteiger partial charge in [-0.3, -0.25) is 0 Å². The van der Waals surface area contributed by atoms with Crippen LogP contribution in [0.4, 0.5) is 0 Å². The van der Waals surface area contributed by atoms with Crippen LogP contribution in [0.2, 0.25) is 0 Å². The fourth-order valence-corrected chi connectivity index (χ4v) is 8.45. The summed E-state index contributed by atoms with van der Waals surface area (Å²) < 4.78 is 16.5. The number of rotatable bonds is 5. The number of aliphatic hydroxyl groups excluding tert-OH is 1. The van der Waals surface area contributed by atoms with Crippen LogP contribution >= 0.6 is 0 Å². The average molecular weight is 389 g/mol. The first kappa shape index (κ1) is 18.5. The summed E-state index contributed by atoms with van der Waals surface area (Å²) in [6.45, 7) is 11.4. The summed E-state index contributed by atoms with van der Waals surface area (Å²) in [6, 6.07) is 0. The summed E-state index contributed by atoms with van der Waals surface area (Å²) in [7, 11) is 0. The maximum Gasteiger partial charge on any atom is 0.0577 e. The molecule has 0 aromatic heterocycles. The predicted molar refractivity (Wildman–Crippen MR) is 119 cm³/mol. The Morgan fingerprint density at radius 3 is 2.68 bits per heavy atom. The molecule has 28 heavy (non-hydrogen) atoms. The second-order valence-corrected chi connectivity index (χ2v) is 11.7. The van der Waals surface area contributed by atoms with E-state index < -0.39 is 5.89 Å². The number of hydrogen-bond acceptors (Lipinski definition) is 1. The monoisotopic (exact) mass is 388 g/mol. The van der Waals surface area contributed by atoms with Crippen molar-refractivity contribution in [1.82, 2.24) is 0 Å². The number of allylic oxidation sites excluding steroid dienone is 1. The molecule has 3 fully saturated rings. The Morgan fingerprint density at radius 2 is 1.93 bits per heavy atom. The van der Waals surface area contributed by atoms with Crippen molar-refractivity contribution in [2.75, 3.05) is 0 Å². The largest absolute Gasteiger partial charge is 0.393 e. The number of fused-ring (bicyclic) bond motifs is 5. The van der Waals surface area contributed by atoms with E-state index in [1.807, 2.05) is 13.8 Å². The molecular weight excluding hydrogens is 340 g/mol. The molecule has 0 amide bonds. The van der Waals surface area contributed by atoms with Crippen molar-refractivity contribution in [3.05, 3.63) is 11.6 Å². The molecule has 1 N–H and O–H groups in total. The topological polar surface area (TPSA) is 20.2 Å². The van der Waals surface area contributed by atoms with Gasteiger partial charge >= 0.3 is 0 Å². The van der Waals surface area contributed by atoms with Crippen LogP contribution < -0.4 is 0 Å². The molecule has 0 aromatic rings. The quantitative estimate of drug-likeness (QED) is 0.487. The SMILES string of the molecule is [2H]C(CC[C@H](C)[C@H]1CC[C@@H]2[C@H]3CC=C4C[C@H](O)CC[C@@]4(C)[C@@H]3CC[C@]21C)C([2H])(C)C. The summed E-state index contributed by atoms with van der Waals surface area (Å²) in [5.41, 5.74) is 2.38. The Hall–Kier alpha value is -0.300. The Labute approximate surface area is 177 Å². The van der Waals surface area contributed by atoms with E-state index in [-0.39, 0.29) is 12.5 Å². The minimum Gasteiger partial charge on any atom is -0.393 e. The third-order valence-electron chi connectivity index (χ3n) is 10.0. The molecule has 1 unspecified atom stereocenters. The second-order valence-electron chi connectivity index (χ2n) is 11.7. The maximum atomic E-state index is 10.2. The first-order chi connectivity index (χ1) is 14.0. The first-order valence-corrected chi connectivity index (χ1v) is 12.3. The van der Waals surface area contributed by atoms with Crippen molar-refractivity contribution in [3.63, 3.8) is 0 Å². The van der Waals surface area contributed by atoms with Crippen molar-refractivity contribution in [1.29, 1.82) is 0 Å². The van der Waals surface area contributed by atoms with Gasteiger partial charge in [-0.25, -0.2) is 0 Å². The van der Waals surface area contributed by atoms with Gasteiger partial charge in [0, 0.05) is 2.74 Å². The molecule has 0 saturated heterocycles. The van der Waals surface area contributed by atoms with Gasteiger partial charge in [-0.05, 0) is 97.7 Å². The molecule has 0 aliphatic heterocycles. The van der Waals surface area contributed by atoms with Gasteiger partial charge in [-0.1, -0.05) is 65.5 Å². The van der Waals surface area contributed by atoms with Crippen LogP contribution in [-0.4, -0.2) is 11.2 Å². The molecule has 0 heterocycles. The summed E-state index contributed by atoms with van der Waals surface area (Å²) in [4.78, 5) is 0. The average Bonchev–Trinajstić information content (AvgIpc) is 3.03. The van der Waals surface area contributed by atoms with Crippen LogP contribution in [0.15, 0.2) is 11.6 Å². The third-order valence-corrected chi connectivity index (χ3v) is 10.0. The van der Waals surface area contributed by atoms with Gasteiger partial charge in [0.1, 0.15) is 0 Å². The molecule has 9 atom stereocenters. The Morgan fingerprint density at radius 1 is 1.14 bits per heavy atom. The zero-order valence-electron chi connectivity index (χ0n) is 21.1. The fraction of sp³-hybridized carbons (Fsp3) is 0.926. The van der Waals surface area contributed by atoms with Crippen molar-refractivity contribution in [2.45, 2.75) is 111 Å². The van der Waals surface area contributed by atoms with E-state index in [2.05, 4.69) is 26.8 Å². The molecule has 1 heteroatoms. The smallest absolute Gasteiger partial charge is 0.0577 e. The minimum absolute atomic E-state index is 0.110. The van der Waals surface area contributed by atoms with Crippen LogP contribution in [-0.2, 0) is 0 Å². The second kappa shape index (κ2) is 7.75. The lowest BCUT2D eigenvalue weighted by molar-refractivity contribution is -0.0573. The zero-order chi connectivity index (χ0) is 21.9. The molecule has 0 aromatic carbocycles. The van der Waals surface area contributed by atoms with E-state index >= 15 is 0 Å². The molecule has 3 saturated carbocycles. The van der Waals surface area contributed by atoms with E-state index in [0.717, 1.165) is 49.4 Å². The molecule has 0 radical (unpaired) electrons. The molecule has 4 rings (SSSR count). The lowest BCUT2D eigenvalue weighted by atomic mass is 9.47. The molecule has 4 aliphatic rings. The standard InChI is InChI=1S/C27H46O/c1-18(2)7-6-8-19(3)23-11-12-24-22-10-9-20-17-21(28)13-15-26(20,4)25(22)14-16-27(23,24)5/h9,18-19,21-25,28H,6-8,10-17H2,1-5H3/t19-,21+,22+,23+,24+,25+,26+,27-/m0/s1/i7D,18D/t7?,19-,21+,22+,23+,24+,25+,26+,27-. The summed E-state index contributed by atoms with van der Waals surface area (Å²) in [6.07, 6.45) is 14.0. The van der Waals surface area contributed by atoms with Crippen molar-refractivity contribution < 1.29 is 7.85 Å². The molecule has 1 nitrogen and oxygen atoms in total. The normalized spacial score (nSPS) is 49.1. The maximum absolute atomic E-state index is 10.2. The molecular formula is C27H46O. The van der Waals surface area contributed by atoms with Gasteiger partial charge in [0.25, 0.3) is 0 Å². The first-order valence-electron chi connectivity index (χ1n) is 13.3. The van der Waals surface area contributed by atoms with Gasteiger partial charge in [0.2, 0.25) is 0 Å². The highest BCUT2D eigenvalue weighted by molar-refractivity contribution is 5.25. The van der Waals surface area contributed by atoms with Crippen LogP contribution in [0.1, 0.15) is 108 Å². The lowest BCUT2D eigenvalue weighted by Gasteiger charge is -2.58. The van der Waals surface area contributed by atoms with Gasteiger partial charge < -0.3 is 5.11 Å². The minimum atomic E-state index is -0.644. The summed E-state index contributed by atoms with van der Waals surface area (Å²) in [5, 5.41) is 10.2. The Kier molecular flexibility index (Phi) is 5.11. The van der Waals surface area contributed by atoms with Crippen LogP contribution in [0.5, 0.6) is 0 Å². The highest BCUT2D eigenvalue weighted by Crippen LogP contribution is 2.67. The Bertz CT molecular complexity index is 666. The summed E-state index contributed by atoms with van der Waals surface area (Å²) in [5.74, 6) is 3.32. The van der Waals surface area contributed by atoms with E-state index in [9.17, 15) is 5.11 Å². The zero-order valence-corrected chi connectivity index (χ0v) is 19.1. The van der Waals surface area contributed by atoms with Crippen LogP contribution in [0.3, 0.4) is 0 Å². The van der Waals surface area contributed by atoms with Gasteiger partial charge in [0.15, 0.2) is 0 Å². The molecule has 0 bridgehead atoms. The van der Waals surface area contributed by atoms with Gasteiger partial charge in [-0.15, -0.1) is 0 Å². The summed E-state index contributed by atoms with van der Waals surface area (Å²) >= 11 is 0. The van der Waals surface area contributed by atoms with Gasteiger partial charge in [-0.2, -0.15) is 0 Å². The molecule has 4 aliphatic carbocycles. The van der Waals surface area contributed by atoms with Crippen LogP contribution in [0.25, 0.3) is 0 Å². The number of aliphatic hydroxyl groups is 1. The van der Waals surface area contributed by atoms with E-state index in [0.29, 0.717) is 16.7 Å². The van der Waals surface area contributed by atoms with E-state index in [4.69, 9.17) is 2.74 Å². The van der Waals surface area contributed by atoms with Crippen molar-refractivity contribution >= 4 is 0 Å². The fourth-order valence-electron chi connectivity index (χ4n) is 8.45. The molecule has 160 valence electrons. The highest BCUT2D eigenvalue weighted by Gasteiger charge is 2.59. The Balaban J connectivity index is 1.47. The van der Waals surface area contributed by atoms with E-state index in [1.165, 1.54) is 38.5 Å². The highest BCUT2D eigenvalue weighted by atomic mass is 16.3. The molecule has 0 spiro atoms. The van der Waals surface area contributed by atoms with Gasteiger partial charge in [0.05, 0.1) is 6.10 Å². The van der Waals surface area contributed by atoms with E-state index in [1.54, 1.807) is 5.57 Å². The predicted octanol–water partition coefficient (Wildman–Crippen LogP) is 7.39. The number of hydrogen-bond donors (Lipinski definition) is 1. The van der Waals surface area contributed by atoms with Crippen molar-refractivity contribution in [2.24, 2.45) is 46.3 Å². The van der Waals surface area contributed by atoms with Crippen LogP contribution in [0, 0.1) is 46.3 Å². The lowest BCUT2D eigenvalue weighted by Crippen LogP contribution is -2.50.